The van der Waals surface area contributed by atoms with Crippen molar-refractivity contribution in [2.75, 3.05) is 78.1 Å². The molecule has 1 N–H and O–H groups in total. The number of morpholine rings is 2. The molecule has 0 saturated carbocycles. The van der Waals surface area contributed by atoms with Crippen LogP contribution in [0.1, 0.15) is 33.6 Å². The highest BCUT2D eigenvalue weighted by Crippen LogP contribution is 2.32. The molecule has 0 bridgehead atoms. The van der Waals surface area contributed by atoms with Crippen molar-refractivity contribution in [1.82, 2.24) is 15.1 Å². The number of hydrogen-bond acceptors (Lipinski definition) is 10. The molecule has 4 rings (SSSR count). The number of allylic oxidation sites excluding steroid dienone is 2. The van der Waals surface area contributed by atoms with Gasteiger partial charge in [0.05, 0.1) is 44.2 Å². The molecule has 43 heavy (non-hydrogen) atoms. The SMILES string of the molecule is CC1=C(C(=O)OCCCCSc2cc(Cl)cc(Cl)c2)C(C)C(C(=O)OC(CN2CCOCC2)CN2CCOCC2)=C(C)N1. The van der Waals surface area contributed by atoms with Gasteiger partial charge >= 0.3 is 11.9 Å². The lowest BCUT2D eigenvalue weighted by atomic mass is 9.87. The number of ether oxygens (including phenoxy) is 4. The molecule has 3 aliphatic heterocycles. The van der Waals surface area contributed by atoms with E-state index < -0.39 is 17.9 Å². The molecule has 1 unspecified atom stereocenters. The van der Waals surface area contributed by atoms with Crippen LogP contribution in [0.15, 0.2) is 45.6 Å². The summed E-state index contributed by atoms with van der Waals surface area (Å²) in [5, 5.41) is 4.45. The Balaban J connectivity index is 1.30. The van der Waals surface area contributed by atoms with E-state index in [2.05, 4.69) is 15.1 Å². The number of halogens is 2. The Kier molecular flexibility index (Phi) is 13.5. The average molecular weight is 657 g/mol. The predicted molar refractivity (Wildman–Crippen MR) is 169 cm³/mol. The van der Waals surface area contributed by atoms with Crippen LogP contribution in [0.5, 0.6) is 0 Å². The molecule has 1 aromatic carbocycles. The van der Waals surface area contributed by atoms with Crippen LogP contribution in [0.3, 0.4) is 0 Å². The molecule has 1 atom stereocenters. The zero-order valence-corrected chi connectivity index (χ0v) is 27.6. The third kappa shape index (κ3) is 10.4. The van der Waals surface area contributed by atoms with Crippen LogP contribution in [0.25, 0.3) is 0 Å². The molecule has 0 aliphatic carbocycles. The van der Waals surface area contributed by atoms with Crippen molar-refractivity contribution in [2.24, 2.45) is 5.92 Å². The van der Waals surface area contributed by atoms with Crippen LogP contribution in [-0.4, -0.2) is 106 Å². The molecule has 9 nitrogen and oxygen atoms in total. The highest BCUT2D eigenvalue weighted by Gasteiger charge is 2.35. The summed E-state index contributed by atoms with van der Waals surface area (Å²) < 4.78 is 22.8. The van der Waals surface area contributed by atoms with Gasteiger partial charge in [0, 0.05) is 71.5 Å². The second-order valence-electron chi connectivity index (χ2n) is 11.1. The van der Waals surface area contributed by atoms with Crippen molar-refractivity contribution in [3.05, 3.63) is 50.8 Å². The smallest absolute Gasteiger partial charge is 0.336 e. The molecule has 238 valence electrons. The molecule has 3 heterocycles. The third-order valence-electron chi connectivity index (χ3n) is 7.77. The van der Waals surface area contributed by atoms with Crippen molar-refractivity contribution in [1.29, 1.82) is 0 Å². The summed E-state index contributed by atoms with van der Waals surface area (Å²) in [6.45, 7) is 13.0. The number of benzene rings is 1. The predicted octanol–water partition coefficient (Wildman–Crippen LogP) is 4.77. The first-order valence-electron chi connectivity index (χ1n) is 15.0. The minimum atomic E-state index is -0.461. The zero-order valence-electron chi connectivity index (χ0n) is 25.3. The van der Waals surface area contributed by atoms with E-state index in [1.165, 1.54) is 0 Å². The molecule has 3 aliphatic rings. The number of nitrogens with one attached hydrogen (secondary N) is 1. The van der Waals surface area contributed by atoms with E-state index in [-0.39, 0.29) is 6.10 Å². The maximum absolute atomic E-state index is 13.7. The molecule has 0 amide bonds. The lowest BCUT2D eigenvalue weighted by Crippen LogP contribution is -2.48. The zero-order chi connectivity index (χ0) is 30.8. The highest BCUT2D eigenvalue weighted by atomic mass is 35.5. The fourth-order valence-corrected chi connectivity index (χ4v) is 7.27. The van der Waals surface area contributed by atoms with Crippen molar-refractivity contribution < 1.29 is 28.5 Å². The number of nitrogens with zero attached hydrogens (tertiary/aromatic N) is 2. The lowest BCUT2D eigenvalue weighted by Gasteiger charge is -2.35. The topological polar surface area (TPSA) is 89.6 Å². The molecule has 2 saturated heterocycles. The molecule has 1 aromatic rings. The molecule has 0 spiro atoms. The molecule has 2 fully saturated rings. The Morgan fingerprint density at radius 1 is 0.907 bits per heavy atom. The van der Waals surface area contributed by atoms with E-state index in [9.17, 15) is 9.59 Å². The first-order chi connectivity index (χ1) is 20.7. The second-order valence-corrected chi connectivity index (χ2v) is 13.1. The third-order valence-corrected chi connectivity index (χ3v) is 9.27. The minimum absolute atomic E-state index is 0.294. The van der Waals surface area contributed by atoms with Gasteiger partial charge in [-0.15, -0.1) is 11.8 Å². The van der Waals surface area contributed by atoms with Gasteiger partial charge in [-0.05, 0) is 50.6 Å². The number of unbranched alkanes of at least 4 members (excludes halogenated alkanes) is 1. The largest absolute Gasteiger partial charge is 0.462 e. The first kappa shape index (κ1) is 34.1. The summed E-state index contributed by atoms with van der Waals surface area (Å²) in [5.74, 6) is -0.429. The van der Waals surface area contributed by atoms with E-state index in [4.69, 9.17) is 42.1 Å². The van der Waals surface area contributed by atoms with Crippen LogP contribution < -0.4 is 5.32 Å². The summed E-state index contributed by atoms with van der Waals surface area (Å²) in [6, 6.07) is 5.48. The monoisotopic (exact) mass is 655 g/mol. The number of esters is 2. The van der Waals surface area contributed by atoms with Crippen molar-refractivity contribution in [3.8, 4) is 0 Å². The molecule has 0 aromatic heterocycles. The van der Waals surface area contributed by atoms with Gasteiger partial charge in [-0.1, -0.05) is 30.1 Å². The number of carbonyl (C=O) groups excluding carboxylic acids is 2. The molecular weight excluding hydrogens is 613 g/mol. The summed E-state index contributed by atoms with van der Waals surface area (Å²) >= 11 is 13.8. The van der Waals surface area contributed by atoms with E-state index in [0.29, 0.717) is 78.7 Å². The van der Waals surface area contributed by atoms with Gasteiger partial charge in [-0.2, -0.15) is 0 Å². The number of carbonyl (C=O) groups is 2. The summed E-state index contributed by atoms with van der Waals surface area (Å²) in [5.41, 5.74) is 2.31. The molecular formula is C31H43Cl2N3O6S. The van der Waals surface area contributed by atoms with E-state index in [1.54, 1.807) is 17.8 Å². The van der Waals surface area contributed by atoms with Gasteiger partial charge in [0.1, 0.15) is 6.10 Å². The van der Waals surface area contributed by atoms with Crippen LogP contribution in [0.2, 0.25) is 10.0 Å². The van der Waals surface area contributed by atoms with Crippen LogP contribution in [-0.2, 0) is 28.5 Å². The summed E-state index contributed by atoms with van der Waals surface area (Å²) in [6.07, 6.45) is 1.26. The van der Waals surface area contributed by atoms with Crippen molar-refractivity contribution in [2.45, 2.75) is 44.6 Å². The van der Waals surface area contributed by atoms with Crippen LogP contribution in [0.4, 0.5) is 0 Å². The van der Waals surface area contributed by atoms with Crippen LogP contribution >= 0.6 is 35.0 Å². The number of dihydropyridines is 1. The first-order valence-corrected chi connectivity index (χ1v) is 16.7. The van der Waals surface area contributed by atoms with Crippen molar-refractivity contribution in [3.63, 3.8) is 0 Å². The quantitative estimate of drug-likeness (QED) is 0.182. The number of rotatable bonds is 13. The minimum Gasteiger partial charge on any atom is -0.462 e. The Morgan fingerprint density at radius 3 is 2.00 bits per heavy atom. The highest BCUT2D eigenvalue weighted by molar-refractivity contribution is 7.99. The Bertz CT molecular complexity index is 1140. The van der Waals surface area contributed by atoms with Gasteiger partial charge in [-0.25, -0.2) is 9.59 Å². The number of hydrogen-bond donors (Lipinski definition) is 1. The maximum Gasteiger partial charge on any atom is 0.336 e. The normalized spacial score (nSPS) is 20.4. The Hall–Kier alpha value is -1.79. The standard InChI is InChI=1S/C31H43Cl2N3O6S/c1-21-28(30(37)41-10-4-5-15-43-27-17-24(32)16-25(33)18-27)22(2)34-23(3)29(21)31(38)42-26(19-35-6-11-39-12-7-35)20-36-8-13-40-14-9-36/h16-18,21,26,34H,4-15,19-20H2,1-3H3. The Labute approximate surface area is 269 Å². The summed E-state index contributed by atoms with van der Waals surface area (Å²) in [4.78, 5) is 32.5. The van der Waals surface area contributed by atoms with Gasteiger partial charge in [-0.3, -0.25) is 9.80 Å². The molecule has 12 heteroatoms. The van der Waals surface area contributed by atoms with E-state index >= 15 is 0 Å². The van der Waals surface area contributed by atoms with E-state index in [1.807, 2.05) is 32.9 Å². The molecule has 0 radical (unpaired) electrons. The van der Waals surface area contributed by atoms with Gasteiger partial charge in [0.2, 0.25) is 0 Å². The summed E-state index contributed by atoms with van der Waals surface area (Å²) in [7, 11) is 0. The lowest BCUT2D eigenvalue weighted by molar-refractivity contribution is -0.148. The van der Waals surface area contributed by atoms with Gasteiger partial charge in [0.25, 0.3) is 0 Å². The van der Waals surface area contributed by atoms with Crippen molar-refractivity contribution >= 4 is 46.9 Å². The van der Waals surface area contributed by atoms with Gasteiger partial charge < -0.3 is 24.3 Å². The number of thioether (sulfide) groups is 1. The fraction of sp³-hybridized carbons (Fsp3) is 0.613. The Morgan fingerprint density at radius 2 is 1.44 bits per heavy atom. The average Bonchev–Trinajstić information content (AvgIpc) is 2.95. The van der Waals surface area contributed by atoms with E-state index in [0.717, 1.165) is 49.7 Å². The van der Waals surface area contributed by atoms with Crippen LogP contribution in [0, 0.1) is 5.92 Å². The second kappa shape index (κ2) is 17.1. The maximum atomic E-state index is 13.7. The fourth-order valence-electron chi connectivity index (χ4n) is 5.61. The van der Waals surface area contributed by atoms with Gasteiger partial charge in [0.15, 0.2) is 0 Å².